The van der Waals surface area contributed by atoms with Crippen LogP contribution in [0.25, 0.3) is 0 Å². The van der Waals surface area contributed by atoms with E-state index in [0.717, 1.165) is 22.5 Å². The maximum Gasteiger partial charge on any atom is 0.335 e. The molecule has 0 fully saturated rings. The zero-order chi connectivity index (χ0) is 25.9. The van der Waals surface area contributed by atoms with Gasteiger partial charge in [-0.3, -0.25) is 4.79 Å². The summed E-state index contributed by atoms with van der Waals surface area (Å²) in [6.45, 7) is 3.27. The van der Waals surface area contributed by atoms with Crippen molar-refractivity contribution in [1.82, 2.24) is 5.32 Å². The maximum absolute atomic E-state index is 12.4. The third-order valence-corrected chi connectivity index (χ3v) is 5.39. The average molecular weight is 491 g/mol. The molecule has 5 N–H and O–H groups in total. The number of aryl methyl sites for hydroxylation is 1. The van der Waals surface area contributed by atoms with Gasteiger partial charge in [0.25, 0.3) is 0 Å². The van der Waals surface area contributed by atoms with Crippen molar-refractivity contribution >= 4 is 34.8 Å². The molecule has 0 aromatic heterocycles. The molecule has 0 aliphatic rings. The lowest BCUT2D eigenvalue weighted by Crippen LogP contribution is -2.28. The second-order valence-electron chi connectivity index (χ2n) is 8.13. The molecule has 0 aliphatic heterocycles. The summed E-state index contributed by atoms with van der Waals surface area (Å²) in [6.07, 6.45) is 0.225. The predicted molar refractivity (Wildman–Crippen MR) is 140 cm³/mol. The van der Waals surface area contributed by atoms with Gasteiger partial charge in [0, 0.05) is 30.9 Å². The second-order valence-corrected chi connectivity index (χ2v) is 8.13. The van der Waals surface area contributed by atoms with E-state index < -0.39 is 5.97 Å². The summed E-state index contributed by atoms with van der Waals surface area (Å²) in [5.41, 5.74) is 3.99. The van der Waals surface area contributed by atoms with Crippen molar-refractivity contribution in [3.05, 3.63) is 83.4 Å². The van der Waals surface area contributed by atoms with Crippen molar-refractivity contribution in [1.29, 1.82) is 0 Å². The Kier molecular flexibility index (Phi) is 9.41. The molecule has 188 valence electrons. The number of carbonyl (C=O) groups is 3. The van der Waals surface area contributed by atoms with Crippen LogP contribution in [0.1, 0.15) is 21.5 Å². The summed E-state index contributed by atoms with van der Waals surface area (Å²) in [6, 6.07) is 18.8. The van der Waals surface area contributed by atoms with Crippen LogP contribution in [-0.4, -0.2) is 49.6 Å². The van der Waals surface area contributed by atoms with Crippen LogP contribution in [0.2, 0.25) is 0 Å². The Balaban J connectivity index is 1.43. The minimum atomic E-state index is -0.964. The predicted octanol–water partition coefficient (Wildman–Crippen LogP) is 4.16. The Hall–Kier alpha value is -4.37. The van der Waals surface area contributed by atoms with Gasteiger partial charge in [-0.1, -0.05) is 24.3 Å². The Morgan fingerprint density at radius 3 is 2.31 bits per heavy atom. The molecule has 0 aliphatic carbocycles. The molecule has 0 spiro atoms. The van der Waals surface area contributed by atoms with Crippen molar-refractivity contribution in [2.24, 2.45) is 0 Å². The number of carboxylic acids is 1. The molecule has 2 amide bonds. The number of carbonyl (C=O) groups excluding carboxylic acids is 2. The van der Waals surface area contributed by atoms with Crippen molar-refractivity contribution in [3.63, 3.8) is 0 Å². The third-order valence-electron chi connectivity index (χ3n) is 5.39. The van der Waals surface area contributed by atoms with Crippen molar-refractivity contribution < 1.29 is 24.2 Å². The number of amides is 2. The number of benzene rings is 3. The molecule has 0 atom stereocenters. The van der Waals surface area contributed by atoms with Crippen molar-refractivity contribution in [2.45, 2.75) is 13.3 Å². The van der Waals surface area contributed by atoms with E-state index in [0.29, 0.717) is 24.5 Å². The number of methoxy groups -OCH3 is 1. The lowest BCUT2D eigenvalue weighted by molar-refractivity contribution is -0.117. The fourth-order valence-electron chi connectivity index (χ4n) is 3.48. The van der Waals surface area contributed by atoms with Crippen LogP contribution < -0.4 is 26.0 Å². The molecular formula is C27H30N4O5. The Labute approximate surface area is 209 Å². The van der Waals surface area contributed by atoms with Crippen LogP contribution in [-0.2, 0) is 11.2 Å². The van der Waals surface area contributed by atoms with E-state index in [1.165, 1.54) is 19.2 Å². The summed E-state index contributed by atoms with van der Waals surface area (Å²) >= 11 is 0. The highest BCUT2D eigenvalue weighted by Gasteiger charge is 2.11. The molecule has 0 saturated carbocycles. The normalized spacial score (nSPS) is 10.4. The number of urea groups is 1. The average Bonchev–Trinajstić information content (AvgIpc) is 2.86. The van der Waals surface area contributed by atoms with E-state index in [1.54, 1.807) is 30.3 Å². The highest BCUT2D eigenvalue weighted by molar-refractivity contribution is 6.01. The Morgan fingerprint density at radius 1 is 0.889 bits per heavy atom. The van der Waals surface area contributed by atoms with Gasteiger partial charge in [0.05, 0.1) is 24.9 Å². The van der Waals surface area contributed by atoms with Crippen LogP contribution in [0.4, 0.5) is 21.9 Å². The number of nitrogens with one attached hydrogen (secondary N) is 4. The molecule has 3 aromatic carbocycles. The van der Waals surface area contributed by atoms with E-state index >= 15 is 0 Å². The van der Waals surface area contributed by atoms with Gasteiger partial charge in [-0.25, -0.2) is 9.59 Å². The number of hydrogen-bond acceptors (Lipinski definition) is 6. The summed E-state index contributed by atoms with van der Waals surface area (Å²) in [5.74, 6) is -0.485. The van der Waals surface area contributed by atoms with Gasteiger partial charge < -0.3 is 31.1 Å². The second kappa shape index (κ2) is 12.9. The van der Waals surface area contributed by atoms with Gasteiger partial charge in [-0.05, 0) is 60.5 Å². The molecule has 9 nitrogen and oxygen atoms in total. The SMILES string of the molecule is COc1cc(CC(=O)CNCCNc2ccc(C(=O)O)cc2)ccc1NC(=O)Nc1ccccc1C. The van der Waals surface area contributed by atoms with Gasteiger partial charge in [0.1, 0.15) is 5.75 Å². The van der Waals surface area contributed by atoms with E-state index in [-0.39, 0.29) is 30.3 Å². The van der Waals surface area contributed by atoms with Gasteiger partial charge in [0.2, 0.25) is 0 Å². The number of carboxylic acid groups (broad SMARTS) is 1. The Morgan fingerprint density at radius 2 is 1.61 bits per heavy atom. The minimum Gasteiger partial charge on any atom is -0.495 e. The number of rotatable bonds is 12. The third kappa shape index (κ3) is 7.85. The number of ketones is 1. The first-order chi connectivity index (χ1) is 17.4. The number of anilines is 3. The van der Waals surface area contributed by atoms with Crippen LogP contribution in [0, 0.1) is 6.92 Å². The molecule has 9 heteroatoms. The molecule has 0 heterocycles. The number of aromatic carboxylic acids is 1. The summed E-state index contributed by atoms with van der Waals surface area (Å²) in [4.78, 5) is 35.7. The van der Waals surface area contributed by atoms with E-state index in [1.807, 2.05) is 31.2 Å². The first-order valence-corrected chi connectivity index (χ1v) is 11.5. The number of ether oxygens (including phenoxy) is 1. The largest absolute Gasteiger partial charge is 0.495 e. The zero-order valence-electron chi connectivity index (χ0n) is 20.3. The molecule has 0 saturated heterocycles. The molecular weight excluding hydrogens is 460 g/mol. The van der Waals surface area contributed by atoms with Crippen LogP contribution in [0.3, 0.4) is 0 Å². The van der Waals surface area contributed by atoms with Gasteiger partial charge in [-0.2, -0.15) is 0 Å². The lowest BCUT2D eigenvalue weighted by atomic mass is 10.1. The highest BCUT2D eigenvalue weighted by atomic mass is 16.5. The quantitative estimate of drug-likeness (QED) is 0.241. The first-order valence-electron chi connectivity index (χ1n) is 11.5. The molecule has 3 aromatic rings. The zero-order valence-corrected chi connectivity index (χ0v) is 20.3. The van der Waals surface area contributed by atoms with Crippen LogP contribution in [0.5, 0.6) is 5.75 Å². The Bertz CT molecular complexity index is 1210. The fourth-order valence-corrected chi connectivity index (χ4v) is 3.48. The molecule has 0 bridgehead atoms. The van der Waals surface area contributed by atoms with E-state index in [2.05, 4.69) is 21.3 Å². The number of para-hydroxylation sites is 1. The van der Waals surface area contributed by atoms with Gasteiger partial charge in [0.15, 0.2) is 5.78 Å². The smallest absolute Gasteiger partial charge is 0.335 e. The van der Waals surface area contributed by atoms with E-state index in [4.69, 9.17) is 9.84 Å². The highest BCUT2D eigenvalue weighted by Crippen LogP contribution is 2.26. The molecule has 3 rings (SSSR count). The van der Waals surface area contributed by atoms with Crippen molar-refractivity contribution in [3.8, 4) is 5.75 Å². The van der Waals surface area contributed by atoms with E-state index in [9.17, 15) is 14.4 Å². The first kappa shape index (κ1) is 26.2. The standard InChI is InChI=1S/C27H30N4O5/c1-18-5-3-4-6-23(18)30-27(35)31-24-12-7-19(16-25(24)36-2)15-22(32)17-28-13-14-29-21-10-8-20(9-11-21)26(33)34/h3-12,16,28-29H,13-15,17H2,1-2H3,(H,33,34)(H2,30,31,35). The molecule has 0 unspecified atom stereocenters. The van der Waals surface area contributed by atoms with Gasteiger partial charge >= 0.3 is 12.0 Å². The van der Waals surface area contributed by atoms with Gasteiger partial charge in [-0.15, -0.1) is 0 Å². The minimum absolute atomic E-state index is 0.0147. The summed E-state index contributed by atoms with van der Waals surface area (Å²) in [5, 5.41) is 20.8. The molecule has 36 heavy (non-hydrogen) atoms. The monoisotopic (exact) mass is 490 g/mol. The van der Waals surface area contributed by atoms with Crippen molar-refractivity contribution in [2.75, 3.05) is 42.7 Å². The van der Waals surface area contributed by atoms with Crippen LogP contribution >= 0.6 is 0 Å². The number of Topliss-reactive ketones (excluding diaryl/α,β-unsaturated/α-hetero) is 1. The maximum atomic E-state index is 12.4. The summed E-state index contributed by atoms with van der Waals surface area (Å²) < 4.78 is 5.41. The lowest BCUT2D eigenvalue weighted by Gasteiger charge is -2.13. The number of hydrogen-bond donors (Lipinski definition) is 5. The topological polar surface area (TPSA) is 129 Å². The molecule has 0 radical (unpaired) electrons. The van der Waals surface area contributed by atoms with Crippen LogP contribution in [0.15, 0.2) is 66.7 Å². The fraction of sp³-hybridized carbons (Fsp3) is 0.222. The summed E-state index contributed by atoms with van der Waals surface area (Å²) in [7, 11) is 1.51.